The summed E-state index contributed by atoms with van der Waals surface area (Å²) in [4.78, 5) is 7.16. The maximum Gasteiger partial charge on any atom is 0.0941 e. The molecule has 1 aliphatic rings. The molecule has 2 nitrogen and oxygen atoms in total. The summed E-state index contributed by atoms with van der Waals surface area (Å²) >= 11 is 5.24. The molecule has 1 aliphatic heterocycles. The minimum atomic E-state index is 0.878. The third kappa shape index (κ3) is 3.54. The molecule has 0 spiro atoms. The van der Waals surface area contributed by atoms with Gasteiger partial charge in [0.15, 0.2) is 0 Å². The van der Waals surface area contributed by atoms with Crippen LogP contribution in [0.25, 0.3) is 0 Å². The van der Waals surface area contributed by atoms with Gasteiger partial charge in [0.2, 0.25) is 0 Å². The fourth-order valence-corrected chi connectivity index (χ4v) is 3.56. The third-order valence-electron chi connectivity index (χ3n) is 3.12. The number of nitrogens with zero attached hydrogens (tertiary/aromatic N) is 2. The third-order valence-corrected chi connectivity index (χ3v) is 4.65. The van der Waals surface area contributed by atoms with E-state index in [-0.39, 0.29) is 0 Å². The standard InChI is InChI=1S/C12H19BrN2S/c1-10-3-2-5-15(8-10)6-4-12-14-11(7-13)9-16-12/h9-10H,2-8H2,1H3. The van der Waals surface area contributed by atoms with Crippen molar-refractivity contribution in [3.63, 3.8) is 0 Å². The summed E-state index contributed by atoms with van der Waals surface area (Å²) in [5.74, 6) is 0.878. The van der Waals surface area contributed by atoms with Gasteiger partial charge in [-0.2, -0.15) is 0 Å². The summed E-state index contributed by atoms with van der Waals surface area (Å²) in [6.07, 6.45) is 3.89. The van der Waals surface area contributed by atoms with Crippen molar-refractivity contribution in [3.8, 4) is 0 Å². The second kappa shape index (κ2) is 6.12. The van der Waals surface area contributed by atoms with E-state index in [9.17, 15) is 0 Å². The summed E-state index contributed by atoms with van der Waals surface area (Å²) in [5, 5.41) is 4.32. The summed E-state index contributed by atoms with van der Waals surface area (Å²) < 4.78 is 0. The Kier molecular flexibility index (Phi) is 4.79. The fraction of sp³-hybridized carbons (Fsp3) is 0.750. The maximum absolute atomic E-state index is 4.58. The van der Waals surface area contributed by atoms with Gasteiger partial charge in [-0.15, -0.1) is 11.3 Å². The van der Waals surface area contributed by atoms with E-state index in [1.807, 2.05) is 0 Å². The normalized spacial score (nSPS) is 22.5. The highest BCUT2D eigenvalue weighted by molar-refractivity contribution is 9.08. The van der Waals surface area contributed by atoms with E-state index in [4.69, 9.17) is 0 Å². The zero-order valence-corrected chi connectivity index (χ0v) is 12.2. The van der Waals surface area contributed by atoms with E-state index in [1.165, 1.54) is 43.2 Å². The van der Waals surface area contributed by atoms with Crippen molar-refractivity contribution in [3.05, 3.63) is 16.1 Å². The van der Waals surface area contributed by atoms with Crippen LogP contribution in [0.15, 0.2) is 5.38 Å². The molecule has 0 aromatic carbocycles. The van der Waals surface area contributed by atoms with Crippen LogP contribution in [0.4, 0.5) is 0 Å². The predicted octanol–water partition coefficient (Wildman–Crippen LogP) is 3.31. The quantitative estimate of drug-likeness (QED) is 0.793. The number of likely N-dealkylation sites (tertiary alicyclic amines) is 1. The number of alkyl halides is 1. The van der Waals surface area contributed by atoms with Crippen LogP contribution < -0.4 is 0 Å². The molecular weight excluding hydrogens is 284 g/mol. The molecule has 1 saturated heterocycles. The van der Waals surface area contributed by atoms with E-state index in [0.717, 1.165) is 17.7 Å². The van der Waals surface area contributed by atoms with Crippen molar-refractivity contribution in [2.75, 3.05) is 19.6 Å². The second-order valence-corrected chi connectivity index (χ2v) is 6.17. The van der Waals surface area contributed by atoms with Gasteiger partial charge in [0.1, 0.15) is 0 Å². The molecule has 0 amide bonds. The predicted molar refractivity (Wildman–Crippen MR) is 73.3 cm³/mol. The molecule has 1 fully saturated rings. The first kappa shape index (κ1) is 12.5. The first-order valence-corrected chi connectivity index (χ1v) is 7.99. The highest BCUT2D eigenvalue weighted by Gasteiger charge is 2.16. The fourth-order valence-electron chi connectivity index (χ4n) is 2.27. The van der Waals surface area contributed by atoms with Crippen molar-refractivity contribution < 1.29 is 0 Å². The molecule has 0 saturated carbocycles. The van der Waals surface area contributed by atoms with Crippen LogP contribution in [0.3, 0.4) is 0 Å². The van der Waals surface area contributed by atoms with Crippen molar-refractivity contribution in [2.24, 2.45) is 5.92 Å². The number of hydrogen-bond donors (Lipinski definition) is 0. The van der Waals surface area contributed by atoms with E-state index >= 15 is 0 Å². The van der Waals surface area contributed by atoms with E-state index < -0.39 is 0 Å². The topological polar surface area (TPSA) is 16.1 Å². The van der Waals surface area contributed by atoms with E-state index in [0.29, 0.717) is 0 Å². The smallest absolute Gasteiger partial charge is 0.0941 e. The summed E-state index contributed by atoms with van der Waals surface area (Å²) in [7, 11) is 0. The molecule has 4 heteroatoms. The summed E-state index contributed by atoms with van der Waals surface area (Å²) in [6, 6.07) is 0. The average Bonchev–Trinajstić information content (AvgIpc) is 2.74. The molecule has 0 radical (unpaired) electrons. The number of piperidine rings is 1. The molecule has 1 aromatic heterocycles. The number of thiazole rings is 1. The Labute approximate surface area is 110 Å². The van der Waals surface area contributed by atoms with Crippen LogP contribution in [0.5, 0.6) is 0 Å². The van der Waals surface area contributed by atoms with Crippen LogP contribution in [0, 0.1) is 5.92 Å². The lowest BCUT2D eigenvalue weighted by atomic mass is 10.0. The molecule has 0 aliphatic carbocycles. The molecule has 90 valence electrons. The Morgan fingerprint density at radius 3 is 3.19 bits per heavy atom. The minimum Gasteiger partial charge on any atom is -0.303 e. The number of aromatic nitrogens is 1. The average molecular weight is 303 g/mol. The molecule has 1 atom stereocenters. The second-order valence-electron chi connectivity index (χ2n) is 4.66. The molecule has 0 bridgehead atoms. The Hall–Kier alpha value is 0.0700. The maximum atomic E-state index is 4.58. The molecule has 16 heavy (non-hydrogen) atoms. The molecular formula is C12H19BrN2S. The number of hydrogen-bond acceptors (Lipinski definition) is 3. The van der Waals surface area contributed by atoms with Crippen LogP contribution in [-0.4, -0.2) is 29.5 Å². The lowest BCUT2D eigenvalue weighted by Crippen LogP contribution is -2.35. The van der Waals surface area contributed by atoms with Gasteiger partial charge in [0, 0.05) is 30.2 Å². The number of halogens is 1. The summed E-state index contributed by atoms with van der Waals surface area (Å²) in [5.41, 5.74) is 1.17. The molecule has 1 unspecified atom stereocenters. The van der Waals surface area contributed by atoms with Gasteiger partial charge in [0.25, 0.3) is 0 Å². The molecule has 0 N–H and O–H groups in total. The van der Waals surface area contributed by atoms with Gasteiger partial charge in [-0.3, -0.25) is 0 Å². The highest BCUT2D eigenvalue weighted by atomic mass is 79.9. The van der Waals surface area contributed by atoms with Gasteiger partial charge in [-0.05, 0) is 25.3 Å². The Bertz CT molecular complexity index is 327. The van der Waals surface area contributed by atoms with Gasteiger partial charge >= 0.3 is 0 Å². The Morgan fingerprint density at radius 1 is 1.62 bits per heavy atom. The Balaban J connectivity index is 1.78. The molecule has 2 heterocycles. The van der Waals surface area contributed by atoms with Gasteiger partial charge in [-0.1, -0.05) is 22.9 Å². The minimum absolute atomic E-state index is 0.878. The molecule has 1 aromatic rings. The van der Waals surface area contributed by atoms with Crippen LogP contribution in [0.1, 0.15) is 30.5 Å². The lowest BCUT2D eigenvalue weighted by molar-refractivity contribution is 0.186. The van der Waals surface area contributed by atoms with Crippen molar-refractivity contribution in [1.82, 2.24) is 9.88 Å². The van der Waals surface area contributed by atoms with Crippen LogP contribution in [0.2, 0.25) is 0 Å². The highest BCUT2D eigenvalue weighted by Crippen LogP contribution is 2.17. The first-order valence-electron chi connectivity index (χ1n) is 5.99. The summed E-state index contributed by atoms with van der Waals surface area (Å²) in [6.45, 7) is 6.09. The van der Waals surface area contributed by atoms with E-state index in [1.54, 1.807) is 11.3 Å². The van der Waals surface area contributed by atoms with E-state index in [2.05, 4.69) is 38.1 Å². The van der Waals surface area contributed by atoms with Crippen molar-refractivity contribution in [1.29, 1.82) is 0 Å². The zero-order chi connectivity index (χ0) is 11.4. The largest absolute Gasteiger partial charge is 0.303 e. The molecule has 2 rings (SSSR count). The Morgan fingerprint density at radius 2 is 2.50 bits per heavy atom. The van der Waals surface area contributed by atoms with Crippen molar-refractivity contribution >= 4 is 27.3 Å². The number of rotatable bonds is 4. The SMILES string of the molecule is CC1CCCN(CCc2nc(CBr)cs2)C1. The monoisotopic (exact) mass is 302 g/mol. The van der Waals surface area contributed by atoms with Gasteiger partial charge in [0.05, 0.1) is 10.7 Å². The van der Waals surface area contributed by atoms with Crippen molar-refractivity contribution in [2.45, 2.75) is 31.5 Å². The first-order chi connectivity index (χ1) is 7.78. The lowest BCUT2D eigenvalue weighted by Gasteiger charge is -2.30. The van der Waals surface area contributed by atoms with Crippen LogP contribution >= 0.6 is 27.3 Å². The van der Waals surface area contributed by atoms with Gasteiger partial charge in [-0.25, -0.2) is 4.98 Å². The van der Waals surface area contributed by atoms with Gasteiger partial charge < -0.3 is 4.90 Å². The van der Waals surface area contributed by atoms with Crippen LogP contribution in [-0.2, 0) is 11.8 Å². The zero-order valence-electron chi connectivity index (χ0n) is 9.79.